The van der Waals surface area contributed by atoms with Gasteiger partial charge in [-0.1, -0.05) is 29.3 Å². The van der Waals surface area contributed by atoms with Crippen LogP contribution in [0.15, 0.2) is 36.4 Å². The van der Waals surface area contributed by atoms with Gasteiger partial charge in [-0.05, 0) is 55.7 Å². The van der Waals surface area contributed by atoms with Crippen molar-refractivity contribution in [3.63, 3.8) is 0 Å². The maximum Gasteiger partial charge on any atom is 0.254 e. The van der Waals surface area contributed by atoms with Crippen molar-refractivity contribution < 1.29 is 14.4 Å². The molecule has 8 heteroatoms. The molecule has 0 saturated carbocycles. The summed E-state index contributed by atoms with van der Waals surface area (Å²) in [5.41, 5.74) is 2.21. The molecule has 1 unspecified atom stereocenters. The van der Waals surface area contributed by atoms with Crippen LogP contribution < -0.4 is 10.6 Å². The van der Waals surface area contributed by atoms with E-state index < -0.39 is 6.04 Å². The summed E-state index contributed by atoms with van der Waals surface area (Å²) in [6.07, 6.45) is 1.29. The largest absolute Gasteiger partial charge is 0.355 e. The highest BCUT2D eigenvalue weighted by atomic mass is 35.5. The summed E-state index contributed by atoms with van der Waals surface area (Å²) < 4.78 is 0. The number of hydrogen-bond donors (Lipinski definition) is 2. The van der Waals surface area contributed by atoms with Crippen LogP contribution in [-0.2, 0) is 4.79 Å². The predicted molar refractivity (Wildman–Crippen MR) is 114 cm³/mol. The van der Waals surface area contributed by atoms with Crippen molar-refractivity contribution in [2.24, 2.45) is 0 Å². The van der Waals surface area contributed by atoms with Crippen molar-refractivity contribution in [2.45, 2.75) is 25.8 Å². The summed E-state index contributed by atoms with van der Waals surface area (Å²) >= 11 is 12.0. The van der Waals surface area contributed by atoms with Gasteiger partial charge in [-0.3, -0.25) is 14.4 Å². The second kappa shape index (κ2) is 8.84. The van der Waals surface area contributed by atoms with E-state index in [0.29, 0.717) is 39.8 Å². The van der Waals surface area contributed by atoms with Crippen LogP contribution >= 0.6 is 23.2 Å². The fourth-order valence-electron chi connectivity index (χ4n) is 3.34. The zero-order valence-electron chi connectivity index (χ0n) is 16.1. The molecule has 1 fully saturated rings. The molecule has 1 saturated heterocycles. The number of hydrogen-bond acceptors (Lipinski definition) is 3. The molecule has 3 rings (SSSR count). The lowest BCUT2D eigenvalue weighted by Crippen LogP contribution is -2.43. The van der Waals surface area contributed by atoms with E-state index in [4.69, 9.17) is 23.2 Å². The molecule has 0 bridgehead atoms. The summed E-state index contributed by atoms with van der Waals surface area (Å²) in [6, 6.07) is 9.17. The number of halogens is 2. The van der Waals surface area contributed by atoms with Crippen molar-refractivity contribution in [2.75, 3.05) is 18.9 Å². The van der Waals surface area contributed by atoms with Gasteiger partial charge in [0.1, 0.15) is 6.04 Å². The van der Waals surface area contributed by atoms with Crippen LogP contribution in [0.25, 0.3) is 0 Å². The van der Waals surface area contributed by atoms with Crippen LogP contribution in [0.2, 0.25) is 10.0 Å². The van der Waals surface area contributed by atoms with E-state index in [1.807, 2.05) is 6.92 Å². The lowest BCUT2D eigenvalue weighted by atomic mass is 10.1. The molecule has 2 aromatic rings. The van der Waals surface area contributed by atoms with Crippen molar-refractivity contribution >= 4 is 46.6 Å². The Kier molecular flexibility index (Phi) is 6.45. The summed E-state index contributed by atoms with van der Waals surface area (Å²) in [7, 11) is 1.55. The van der Waals surface area contributed by atoms with E-state index >= 15 is 0 Å². The normalized spacial score (nSPS) is 15.9. The first-order chi connectivity index (χ1) is 13.8. The SMILES string of the molecule is CNC(=O)c1ccc(C)c(NC(=O)C2CCCN2C(=O)c2ccc(Cl)c(Cl)c2)c1. The molecular formula is C21H21Cl2N3O3. The molecule has 3 amide bonds. The Hall–Kier alpha value is -2.57. The minimum absolute atomic E-state index is 0.238. The first-order valence-corrected chi connectivity index (χ1v) is 9.97. The lowest BCUT2D eigenvalue weighted by molar-refractivity contribution is -0.119. The zero-order valence-corrected chi connectivity index (χ0v) is 17.6. The van der Waals surface area contributed by atoms with Gasteiger partial charge < -0.3 is 15.5 Å². The van der Waals surface area contributed by atoms with Gasteiger partial charge in [0, 0.05) is 30.4 Å². The second-order valence-electron chi connectivity index (χ2n) is 6.88. The number of likely N-dealkylation sites (tertiary alicyclic amines) is 1. The first-order valence-electron chi connectivity index (χ1n) is 9.21. The molecule has 1 atom stereocenters. The van der Waals surface area contributed by atoms with Crippen LogP contribution in [0.5, 0.6) is 0 Å². The average Bonchev–Trinajstić information content (AvgIpc) is 3.20. The molecule has 2 aromatic carbocycles. The van der Waals surface area contributed by atoms with Crippen LogP contribution in [0.1, 0.15) is 39.1 Å². The third kappa shape index (κ3) is 4.54. The number of carbonyl (C=O) groups is 3. The van der Waals surface area contributed by atoms with Gasteiger partial charge in [0.05, 0.1) is 10.0 Å². The van der Waals surface area contributed by atoms with E-state index in [-0.39, 0.29) is 17.7 Å². The number of amides is 3. The molecule has 6 nitrogen and oxygen atoms in total. The number of carbonyl (C=O) groups excluding carboxylic acids is 3. The number of nitrogens with zero attached hydrogens (tertiary/aromatic N) is 1. The summed E-state index contributed by atoms with van der Waals surface area (Å²) in [4.78, 5) is 39.3. The molecule has 0 aliphatic carbocycles. The molecule has 0 spiro atoms. The third-order valence-corrected chi connectivity index (χ3v) is 5.71. The molecular weight excluding hydrogens is 413 g/mol. The van der Waals surface area contributed by atoms with E-state index in [9.17, 15) is 14.4 Å². The molecule has 2 N–H and O–H groups in total. The molecule has 1 heterocycles. The van der Waals surface area contributed by atoms with Crippen molar-refractivity contribution in [3.05, 3.63) is 63.1 Å². The predicted octanol–water partition coefficient (Wildman–Crippen LogP) is 3.90. The summed E-state index contributed by atoms with van der Waals surface area (Å²) in [5, 5.41) is 6.09. The van der Waals surface area contributed by atoms with Gasteiger partial charge in [0.25, 0.3) is 11.8 Å². The molecule has 152 valence electrons. The molecule has 1 aliphatic heterocycles. The first kappa shape index (κ1) is 21.1. The number of anilines is 1. The van der Waals surface area contributed by atoms with Gasteiger partial charge >= 0.3 is 0 Å². The van der Waals surface area contributed by atoms with E-state index in [2.05, 4.69) is 10.6 Å². The topological polar surface area (TPSA) is 78.5 Å². The Morgan fingerprint density at radius 1 is 1.03 bits per heavy atom. The highest BCUT2D eigenvalue weighted by Gasteiger charge is 2.35. The van der Waals surface area contributed by atoms with E-state index in [0.717, 1.165) is 12.0 Å². The monoisotopic (exact) mass is 433 g/mol. The fraction of sp³-hybridized carbons (Fsp3) is 0.286. The van der Waals surface area contributed by atoms with Crippen molar-refractivity contribution in [1.82, 2.24) is 10.2 Å². The Balaban J connectivity index is 1.79. The highest BCUT2D eigenvalue weighted by Crippen LogP contribution is 2.27. The van der Waals surface area contributed by atoms with Gasteiger partial charge in [0.2, 0.25) is 5.91 Å². The lowest BCUT2D eigenvalue weighted by Gasteiger charge is -2.24. The van der Waals surface area contributed by atoms with Gasteiger partial charge in [0.15, 0.2) is 0 Å². The van der Waals surface area contributed by atoms with Gasteiger partial charge in [-0.15, -0.1) is 0 Å². The summed E-state index contributed by atoms with van der Waals surface area (Å²) in [5.74, 6) is -0.789. The van der Waals surface area contributed by atoms with Crippen molar-refractivity contribution in [3.8, 4) is 0 Å². The minimum atomic E-state index is -0.597. The number of benzene rings is 2. The third-order valence-electron chi connectivity index (χ3n) is 4.97. The smallest absolute Gasteiger partial charge is 0.254 e. The summed E-state index contributed by atoms with van der Waals surface area (Å²) in [6.45, 7) is 2.32. The highest BCUT2D eigenvalue weighted by molar-refractivity contribution is 6.42. The Bertz CT molecular complexity index is 978. The second-order valence-corrected chi connectivity index (χ2v) is 7.70. The Morgan fingerprint density at radius 2 is 1.76 bits per heavy atom. The number of rotatable bonds is 4. The van der Waals surface area contributed by atoms with Crippen molar-refractivity contribution in [1.29, 1.82) is 0 Å². The van der Waals surface area contributed by atoms with Crippen LogP contribution in [-0.4, -0.2) is 42.3 Å². The fourth-order valence-corrected chi connectivity index (χ4v) is 3.63. The molecule has 0 aromatic heterocycles. The average molecular weight is 434 g/mol. The minimum Gasteiger partial charge on any atom is -0.355 e. The number of nitrogens with one attached hydrogen (secondary N) is 2. The van der Waals surface area contributed by atoms with E-state index in [1.165, 1.54) is 6.07 Å². The number of aryl methyl sites for hydroxylation is 1. The Labute approximate surface area is 179 Å². The maximum absolute atomic E-state index is 12.9. The van der Waals surface area contributed by atoms with Crippen LogP contribution in [0.3, 0.4) is 0 Å². The standard InChI is InChI=1S/C21H21Cl2N3O3/c1-12-5-6-13(19(27)24-2)11-17(12)25-20(28)18-4-3-9-26(18)21(29)14-7-8-15(22)16(23)10-14/h5-8,10-11,18H,3-4,9H2,1-2H3,(H,24,27)(H,25,28). The van der Waals surface area contributed by atoms with Crippen LogP contribution in [0, 0.1) is 6.92 Å². The molecule has 1 aliphatic rings. The van der Waals surface area contributed by atoms with E-state index in [1.54, 1.807) is 42.3 Å². The van der Waals surface area contributed by atoms with Crippen LogP contribution in [0.4, 0.5) is 5.69 Å². The maximum atomic E-state index is 12.9. The zero-order chi connectivity index (χ0) is 21.1. The molecule has 29 heavy (non-hydrogen) atoms. The van der Waals surface area contributed by atoms with Gasteiger partial charge in [-0.25, -0.2) is 0 Å². The van der Waals surface area contributed by atoms with Gasteiger partial charge in [-0.2, -0.15) is 0 Å². The Morgan fingerprint density at radius 3 is 2.45 bits per heavy atom. The quantitative estimate of drug-likeness (QED) is 0.766. The molecule has 0 radical (unpaired) electrons.